The molecule has 0 bridgehead atoms. The van der Waals surface area contributed by atoms with Gasteiger partial charge >= 0.3 is 0 Å². The third kappa shape index (κ3) is 1.06. The number of para-hydroxylation sites is 1. The van der Waals surface area contributed by atoms with Crippen LogP contribution in [-0.2, 0) is 6.67 Å². The van der Waals surface area contributed by atoms with Crippen LogP contribution in [0.1, 0.15) is 0 Å². The number of aromatic nitrogens is 3. The van der Waals surface area contributed by atoms with Gasteiger partial charge in [0, 0.05) is 0 Å². The van der Waals surface area contributed by atoms with Crippen molar-refractivity contribution in [1.29, 1.82) is 0 Å². The van der Waals surface area contributed by atoms with Crippen LogP contribution in [-0.4, -0.2) is 22.0 Å². The van der Waals surface area contributed by atoms with Crippen LogP contribution in [0.25, 0.3) is 11.0 Å². The highest BCUT2D eigenvalue weighted by molar-refractivity contribution is 5.73. The Labute approximate surface area is 70.2 Å². The number of nitrogens with one attached hydrogen (secondary N) is 1. The highest BCUT2D eigenvalue weighted by Gasteiger charge is 1.99. The molecule has 0 fully saturated rings. The van der Waals surface area contributed by atoms with Crippen LogP contribution in [0.4, 0.5) is 0 Å². The molecule has 0 saturated carbocycles. The lowest BCUT2D eigenvalue weighted by Gasteiger charge is -1.98. The van der Waals surface area contributed by atoms with Crippen molar-refractivity contribution >= 4 is 11.0 Å². The Balaban J connectivity index is 2.55. The van der Waals surface area contributed by atoms with Crippen LogP contribution >= 0.6 is 0 Å². The largest absolute Gasteiger partial charge is 0.301 e. The molecule has 0 aliphatic heterocycles. The van der Waals surface area contributed by atoms with E-state index in [0.717, 1.165) is 11.0 Å². The fraction of sp³-hybridized carbons (Fsp3) is 0.250. The maximum atomic E-state index is 4.01. The van der Waals surface area contributed by atoms with Crippen molar-refractivity contribution in [2.75, 3.05) is 7.05 Å². The van der Waals surface area contributed by atoms with Gasteiger partial charge in [0.1, 0.15) is 5.52 Å². The zero-order chi connectivity index (χ0) is 8.39. The highest BCUT2D eigenvalue weighted by Crippen LogP contribution is 2.08. The highest BCUT2D eigenvalue weighted by atomic mass is 15.4. The van der Waals surface area contributed by atoms with Crippen molar-refractivity contribution in [3.63, 3.8) is 0 Å². The number of benzene rings is 1. The second kappa shape index (κ2) is 2.91. The summed E-state index contributed by atoms with van der Waals surface area (Å²) in [5.41, 5.74) is 2.00. The summed E-state index contributed by atoms with van der Waals surface area (Å²) in [7, 11) is 1.89. The Bertz CT molecular complexity index is 379. The van der Waals surface area contributed by atoms with E-state index < -0.39 is 0 Å². The van der Waals surface area contributed by atoms with Gasteiger partial charge in [-0.2, -0.15) is 0 Å². The van der Waals surface area contributed by atoms with Gasteiger partial charge in [-0.1, -0.05) is 17.3 Å². The quantitative estimate of drug-likeness (QED) is 0.703. The monoisotopic (exact) mass is 162 g/mol. The third-order valence-electron chi connectivity index (χ3n) is 1.73. The average Bonchev–Trinajstić information content (AvgIpc) is 2.50. The van der Waals surface area contributed by atoms with Gasteiger partial charge in [0.15, 0.2) is 0 Å². The molecule has 4 heteroatoms. The molecule has 0 radical (unpaired) electrons. The molecular weight excluding hydrogens is 152 g/mol. The predicted molar refractivity (Wildman–Crippen MR) is 46.6 cm³/mol. The van der Waals surface area contributed by atoms with Gasteiger partial charge in [0.05, 0.1) is 12.2 Å². The molecule has 0 spiro atoms. The van der Waals surface area contributed by atoms with Gasteiger partial charge in [-0.05, 0) is 19.2 Å². The van der Waals surface area contributed by atoms with Crippen LogP contribution in [0.15, 0.2) is 24.3 Å². The Morgan fingerprint density at radius 2 is 2.25 bits per heavy atom. The van der Waals surface area contributed by atoms with E-state index in [1.54, 1.807) is 0 Å². The van der Waals surface area contributed by atoms with Gasteiger partial charge in [-0.15, -0.1) is 5.10 Å². The molecule has 2 rings (SSSR count). The van der Waals surface area contributed by atoms with Crippen molar-refractivity contribution in [3.05, 3.63) is 24.3 Å². The topological polar surface area (TPSA) is 42.7 Å². The summed E-state index contributed by atoms with van der Waals surface area (Å²) in [4.78, 5) is 0. The number of hydrogen-bond donors (Lipinski definition) is 1. The SMILES string of the molecule is CNCn1nnc2ccccc21. The molecule has 4 nitrogen and oxygen atoms in total. The van der Waals surface area contributed by atoms with Crippen LogP contribution in [0.2, 0.25) is 0 Å². The zero-order valence-electron chi connectivity index (χ0n) is 6.86. The van der Waals surface area contributed by atoms with Crippen molar-refractivity contribution in [1.82, 2.24) is 20.3 Å². The van der Waals surface area contributed by atoms with E-state index in [9.17, 15) is 0 Å². The molecule has 1 aromatic heterocycles. The Morgan fingerprint density at radius 1 is 1.42 bits per heavy atom. The summed E-state index contributed by atoms with van der Waals surface area (Å²) < 4.78 is 1.83. The first-order valence-corrected chi connectivity index (χ1v) is 3.84. The van der Waals surface area contributed by atoms with E-state index in [4.69, 9.17) is 0 Å². The Kier molecular flexibility index (Phi) is 1.75. The maximum Gasteiger partial charge on any atom is 0.113 e. The average molecular weight is 162 g/mol. The Hall–Kier alpha value is -1.42. The summed E-state index contributed by atoms with van der Waals surface area (Å²) in [6, 6.07) is 7.90. The van der Waals surface area contributed by atoms with Crippen molar-refractivity contribution in [2.45, 2.75) is 6.67 Å². The van der Waals surface area contributed by atoms with Crippen LogP contribution in [0.5, 0.6) is 0 Å². The van der Waals surface area contributed by atoms with E-state index in [1.807, 2.05) is 36.0 Å². The molecule has 0 aliphatic carbocycles. The molecule has 1 N–H and O–H groups in total. The van der Waals surface area contributed by atoms with E-state index in [-0.39, 0.29) is 0 Å². The van der Waals surface area contributed by atoms with Crippen LogP contribution < -0.4 is 5.32 Å². The lowest BCUT2D eigenvalue weighted by atomic mass is 10.3. The molecule has 0 aliphatic rings. The van der Waals surface area contributed by atoms with Crippen molar-refractivity contribution in [2.24, 2.45) is 0 Å². The number of rotatable bonds is 2. The minimum Gasteiger partial charge on any atom is -0.301 e. The third-order valence-corrected chi connectivity index (χ3v) is 1.73. The van der Waals surface area contributed by atoms with Crippen LogP contribution in [0, 0.1) is 0 Å². The fourth-order valence-electron chi connectivity index (χ4n) is 1.18. The van der Waals surface area contributed by atoms with E-state index in [2.05, 4.69) is 15.6 Å². The summed E-state index contributed by atoms with van der Waals surface area (Å²) in [6.45, 7) is 0.695. The fourth-order valence-corrected chi connectivity index (χ4v) is 1.18. The van der Waals surface area contributed by atoms with Gasteiger partial charge in [-0.3, -0.25) is 0 Å². The smallest absolute Gasteiger partial charge is 0.113 e. The summed E-state index contributed by atoms with van der Waals surface area (Å²) in [6.07, 6.45) is 0. The zero-order valence-corrected chi connectivity index (χ0v) is 6.86. The second-order valence-electron chi connectivity index (χ2n) is 2.59. The predicted octanol–water partition coefficient (Wildman–Crippen LogP) is 0.608. The second-order valence-corrected chi connectivity index (χ2v) is 2.59. The van der Waals surface area contributed by atoms with Gasteiger partial charge in [0.25, 0.3) is 0 Å². The molecule has 0 amide bonds. The maximum absolute atomic E-state index is 4.01. The first-order chi connectivity index (χ1) is 5.92. The molecule has 2 aromatic rings. The standard InChI is InChI=1S/C8H10N4/c1-9-6-12-8-5-3-2-4-7(8)10-11-12/h2-5,9H,6H2,1H3. The van der Waals surface area contributed by atoms with Gasteiger partial charge in [0.2, 0.25) is 0 Å². The van der Waals surface area contributed by atoms with Crippen molar-refractivity contribution in [3.8, 4) is 0 Å². The molecule has 1 aromatic carbocycles. The number of fused-ring (bicyclic) bond motifs is 1. The summed E-state index contributed by atoms with van der Waals surface area (Å²) in [5.74, 6) is 0. The lowest BCUT2D eigenvalue weighted by molar-refractivity contribution is 0.552. The molecule has 0 atom stereocenters. The minimum absolute atomic E-state index is 0.695. The molecule has 62 valence electrons. The van der Waals surface area contributed by atoms with E-state index in [0.29, 0.717) is 6.67 Å². The van der Waals surface area contributed by atoms with Crippen molar-refractivity contribution < 1.29 is 0 Å². The summed E-state index contributed by atoms with van der Waals surface area (Å²) in [5, 5.41) is 11.0. The Morgan fingerprint density at radius 3 is 3.08 bits per heavy atom. The van der Waals surface area contributed by atoms with Gasteiger partial charge in [-0.25, -0.2) is 4.68 Å². The van der Waals surface area contributed by atoms with E-state index in [1.165, 1.54) is 0 Å². The van der Waals surface area contributed by atoms with E-state index >= 15 is 0 Å². The minimum atomic E-state index is 0.695. The molecule has 0 saturated heterocycles. The summed E-state index contributed by atoms with van der Waals surface area (Å²) >= 11 is 0. The number of nitrogens with zero attached hydrogens (tertiary/aromatic N) is 3. The molecular formula is C8H10N4. The first-order valence-electron chi connectivity index (χ1n) is 3.84. The lowest BCUT2D eigenvalue weighted by Crippen LogP contribution is -2.13. The van der Waals surface area contributed by atoms with Gasteiger partial charge < -0.3 is 5.32 Å². The molecule has 1 heterocycles. The number of hydrogen-bond acceptors (Lipinski definition) is 3. The molecule has 0 unspecified atom stereocenters. The van der Waals surface area contributed by atoms with Crippen LogP contribution in [0.3, 0.4) is 0 Å². The molecule has 12 heavy (non-hydrogen) atoms. The first kappa shape index (κ1) is 7.24. The normalized spacial score (nSPS) is 10.8.